The zero-order valence-corrected chi connectivity index (χ0v) is 17.4. The van der Waals surface area contributed by atoms with E-state index in [1.54, 1.807) is 31.4 Å². The monoisotopic (exact) mass is 418 g/mol. The molecule has 0 bridgehead atoms. The summed E-state index contributed by atoms with van der Waals surface area (Å²) in [5.74, 6) is 0.989. The van der Waals surface area contributed by atoms with Gasteiger partial charge in [0, 0.05) is 19.5 Å². The molecule has 1 amide bonds. The molecule has 2 aromatic rings. The van der Waals surface area contributed by atoms with Crippen LogP contribution in [0.4, 0.5) is 5.69 Å². The minimum Gasteiger partial charge on any atom is -0.496 e. The predicted octanol–water partition coefficient (Wildman–Crippen LogP) is 2.36. The summed E-state index contributed by atoms with van der Waals surface area (Å²) in [6, 6.07) is 14.7. The van der Waals surface area contributed by atoms with E-state index < -0.39 is 16.1 Å². The zero-order valence-electron chi connectivity index (χ0n) is 16.6. The summed E-state index contributed by atoms with van der Waals surface area (Å²) in [7, 11) is -1.82. The Morgan fingerprint density at radius 1 is 1.21 bits per heavy atom. The summed E-state index contributed by atoms with van der Waals surface area (Å²) in [5.41, 5.74) is 1.55. The topological polar surface area (TPSA) is 84.9 Å². The molecule has 0 spiro atoms. The minimum absolute atomic E-state index is 0.190. The van der Waals surface area contributed by atoms with Crippen molar-refractivity contribution < 1.29 is 22.7 Å². The number of nitrogens with zero attached hydrogens (tertiary/aromatic N) is 1. The maximum atomic E-state index is 12.6. The number of sulfonamides is 1. The molecule has 1 aliphatic rings. The molecule has 1 atom stereocenters. The highest BCUT2D eigenvalue weighted by Crippen LogP contribution is 2.33. The van der Waals surface area contributed by atoms with Crippen molar-refractivity contribution in [3.05, 3.63) is 54.1 Å². The van der Waals surface area contributed by atoms with Crippen LogP contribution in [-0.2, 0) is 21.2 Å². The molecule has 156 valence electrons. The standard InChI is InChI=1S/C21H26N2O5S/c1-27-18-11-5-3-8-16(18)9-7-14-22-21(24)20-13-15-23(29(2,25)26)17-10-4-6-12-19(17)28-20/h3-6,8,10-12,20H,7,9,13-15H2,1-2H3,(H,22,24)/t20-/m0/s1. The van der Waals surface area contributed by atoms with E-state index in [4.69, 9.17) is 9.47 Å². The third-order valence-electron chi connectivity index (χ3n) is 4.80. The molecule has 0 fully saturated rings. The predicted molar refractivity (Wildman–Crippen MR) is 112 cm³/mol. The Morgan fingerprint density at radius 3 is 2.69 bits per heavy atom. The summed E-state index contributed by atoms with van der Waals surface area (Å²) >= 11 is 0. The molecule has 0 saturated carbocycles. The van der Waals surface area contributed by atoms with E-state index in [2.05, 4.69) is 5.32 Å². The second-order valence-electron chi connectivity index (χ2n) is 6.90. The first-order chi connectivity index (χ1) is 13.9. The van der Waals surface area contributed by atoms with Crippen molar-refractivity contribution >= 4 is 21.6 Å². The van der Waals surface area contributed by atoms with Crippen molar-refractivity contribution in [2.45, 2.75) is 25.4 Å². The third kappa shape index (κ3) is 5.20. The van der Waals surface area contributed by atoms with Gasteiger partial charge in [0.25, 0.3) is 5.91 Å². The smallest absolute Gasteiger partial charge is 0.261 e. The molecule has 0 saturated heterocycles. The minimum atomic E-state index is -3.46. The van der Waals surface area contributed by atoms with Crippen molar-refractivity contribution in [3.63, 3.8) is 0 Å². The number of fused-ring (bicyclic) bond motifs is 1. The van der Waals surface area contributed by atoms with Gasteiger partial charge in [-0.3, -0.25) is 9.10 Å². The fourth-order valence-electron chi connectivity index (χ4n) is 3.37. The van der Waals surface area contributed by atoms with Crippen molar-refractivity contribution in [2.24, 2.45) is 0 Å². The van der Waals surface area contributed by atoms with E-state index in [1.165, 1.54) is 4.31 Å². The number of aryl methyl sites for hydroxylation is 1. The maximum Gasteiger partial charge on any atom is 0.261 e. The molecule has 0 radical (unpaired) electrons. The van der Waals surface area contributed by atoms with Crippen LogP contribution in [0.2, 0.25) is 0 Å². The van der Waals surface area contributed by atoms with E-state index in [0.717, 1.165) is 30.4 Å². The van der Waals surface area contributed by atoms with Crippen molar-refractivity contribution in [2.75, 3.05) is 30.8 Å². The highest BCUT2D eigenvalue weighted by atomic mass is 32.2. The quantitative estimate of drug-likeness (QED) is 0.698. The highest BCUT2D eigenvalue weighted by Gasteiger charge is 2.30. The molecule has 1 aliphatic heterocycles. The van der Waals surface area contributed by atoms with E-state index in [0.29, 0.717) is 18.0 Å². The van der Waals surface area contributed by atoms with Crippen molar-refractivity contribution in [1.82, 2.24) is 5.32 Å². The maximum absolute atomic E-state index is 12.6. The fraction of sp³-hybridized carbons (Fsp3) is 0.381. The highest BCUT2D eigenvalue weighted by molar-refractivity contribution is 7.92. The molecule has 3 rings (SSSR count). The number of carbonyl (C=O) groups excluding carboxylic acids is 1. The number of amides is 1. The second-order valence-corrected chi connectivity index (χ2v) is 8.81. The lowest BCUT2D eigenvalue weighted by Gasteiger charge is -2.20. The number of hydrogen-bond donors (Lipinski definition) is 1. The number of nitrogens with one attached hydrogen (secondary N) is 1. The van der Waals surface area contributed by atoms with Crippen LogP contribution in [0.3, 0.4) is 0 Å². The summed E-state index contributed by atoms with van der Waals surface area (Å²) < 4.78 is 36.8. The summed E-state index contributed by atoms with van der Waals surface area (Å²) in [6.45, 7) is 0.684. The molecule has 0 aliphatic carbocycles. The van der Waals surface area contributed by atoms with E-state index >= 15 is 0 Å². The summed E-state index contributed by atoms with van der Waals surface area (Å²) in [4.78, 5) is 12.6. The molecular weight excluding hydrogens is 392 g/mol. The lowest BCUT2D eigenvalue weighted by Crippen LogP contribution is -2.40. The SMILES string of the molecule is COc1ccccc1CCCNC(=O)[C@@H]1CCN(S(C)(=O)=O)c2ccccc2O1. The number of ether oxygens (including phenoxy) is 2. The Labute approximate surface area is 171 Å². The van der Waals surface area contributed by atoms with Crippen LogP contribution in [0.5, 0.6) is 11.5 Å². The number of anilines is 1. The Kier molecular flexibility index (Phi) is 6.64. The summed E-state index contributed by atoms with van der Waals surface area (Å²) in [6.07, 6.45) is 2.22. The van der Waals surface area contributed by atoms with Gasteiger partial charge in [-0.15, -0.1) is 0 Å². The van der Waals surface area contributed by atoms with Gasteiger partial charge in [0.15, 0.2) is 6.10 Å². The molecule has 1 N–H and O–H groups in total. The van der Waals surface area contributed by atoms with Crippen LogP contribution in [-0.4, -0.2) is 46.9 Å². The van der Waals surface area contributed by atoms with E-state index in [9.17, 15) is 13.2 Å². The van der Waals surface area contributed by atoms with Crippen molar-refractivity contribution in [3.8, 4) is 11.5 Å². The Morgan fingerprint density at radius 2 is 1.93 bits per heavy atom. The second kappa shape index (κ2) is 9.17. The molecule has 2 aromatic carbocycles. The van der Waals surface area contributed by atoms with Crippen LogP contribution < -0.4 is 19.1 Å². The number of benzene rings is 2. The molecule has 7 nitrogen and oxygen atoms in total. The average Bonchev–Trinajstić information content (AvgIpc) is 2.91. The molecular formula is C21H26N2O5S. The van der Waals surface area contributed by atoms with Gasteiger partial charge in [-0.25, -0.2) is 8.42 Å². The number of para-hydroxylation sites is 3. The number of methoxy groups -OCH3 is 1. The van der Waals surface area contributed by atoms with Gasteiger partial charge in [-0.05, 0) is 36.6 Å². The first kappa shape index (κ1) is 21.0. The number of hydrogen-bond acceptors (Lipinski definition) is 5. The van der Waals surface area contributed by atoms with Gasteiger partial charge in [-0.1, -0.05) is 30.3 Å². The molecule has 0 aromatic heterocycles. The molecule has 8 heteroatoms. The Hall–Kier alpha value is -2.74. The van der Waals surface area contributed by atoms with Crippen LogP contribution in [0.1, 0.15) is 18.4 Å². The number of carbonyl (C=O) groups is 1. The van der Waals surface area contributed by atoms with Gasteiger partial charge in [0.1, 0.15) is 11.5 Å². The normalized spacial score (nSPS) is 16.3. The first-order valence-corrected chi connectivity index (χ1v) is 11.4. The van der Waals surface area contributed by atoms with Crippen LogP contribution >= 0.6 is 0 Å². The molecule has 0 unspecified atom stereocenters. The lowest BCUT2D eigenvalue weighted by molar-refractivity contribution is -0.128. The summed E-state index contributed by atoms with van der Waals surface area (Å²) in [5, 5.41) is 2.90. The van der Waals surface area contributed by atoms with Gasteiger partial charge >= 0.3 is 0 Å². The van der Waals surface area contributed by atoms with Gasteiger partial charge in [0.2, 0.25) is 10.0 Å². The third-order valence-corrected chi connectivity index (χ3v) is 5.98. The molecule has 1 heterocycles. The fourth-order valence-corrected chi connectivity index (χ4v) is 4.32. The van der Waals surface area contributed by atoms with Crippen molar-refractivity contribution in [1.29, 1.82) is 0 Å². The van der Waals surface area contributed by atoms with Gasteiger partial charge in [-0.2, -0.15) is 0 Å². The Bertz CT molecular complexity index is 961. The van der Waals surface area contributed by atoms with E-state index in [-0.39, 0.29) is 18.9 Å². The van der Waals surface area contributed by atoms with Gasteiger partial charge < -0.3 is 14.8 Å². The lowest BCUT2D eigenvalue weighted by atomic mass is 10.1. The molecule has 29 heavy (non-hydrogen) atoms. The first-order valence-electron chi connectivity index (χ1n) is 9.53. The Balaban J connectivity index is 1.59. The number of rotatable bonds is 7. The van der Waals surface area contributed by atoms with E-state index in [1.807, 2.05) is 24.3 Å². The van der Waals surface area contributed by atoms with Crippen LogP contribution in [0.15, 0.2) is 48.5 Å². The zero-order chi connectivity index (χ0) is 20.9. The van der Waals surface area contributed by atoms with Crippen LogP contribution in [0, 0.1) is 0 Å². The largest absolute Gasteiger partial charge is 0.496 e. The average molecular weight is 419 g/mol. The van der Waals surface area contributed by atoms with Crippen LogP contribution in [0.25, 0.3) is 0 Å². The van der Waals surface area contributed by atoms with Gasteiger partial charge in [0.05, 0.1) is 19.1 Å².